The highest BCUT2D eigenvalue weighted by atomic mass is 32.2. The molecule has 4 heterocycles. The van der Waals surface area contributed by atoms with Crippen LogP contribution >= 0.6 is 23.5 Å². The van der Waals surface area contributed by atoms with E-state index in [-0.39, 0.29) is 55.2 Å². The Hall–Kier alpha value is -3.42. The molecule has 69 heavy (non-hydrogen) atoms. The van der Waals surface area contributed by atoms with Crippen molar-refractivity contribution < 1.29 is 48.1 Å². The molecular formula is C51H82N6O10S2. The minimum absolute atomic E-state index is 0.0287. The van der Waals surface area contributed by atoms with Gasteiger partial charge in [-0.2, -0.15) is 23.5 Å². The Bertz CT molecular complexity index is 1640. The summed E-state index contributed by atoms with van der Waals surface area (Å²) < 4.78 is 16.1. The van der Waals surface area contributed by atoms with Gasteiger partial charge in [-0.1, -0.05) is 63.5 Å². The van der Waals surface area contributed by atoms with Crippen LogP contribution in [-0.2, 0) is 35.1 Å². The van der Waals surface area contributed by atoms with Gasteiger partial charge in [0.15, 0.2) is 0 Å². The van der Waals surface area contributed by atoms with Gasteiger partial charge in [0, 0.05) is 66.3 Å². The Balaban J connectivity index is 0.916. The van der Waals surface area contributed by atoms with Gasteiger partial charge in [-0.05, 0) is 82.2 Å². The van der Waals surface area contributed by atoms with Crippen LogP contribution in [0.4, 0.5) is 9.59 Å². The number of nitrogens with one attached hydrogen (secondary N) is 5. The topological polar surface area (TPSA) is 214 Å². The first-order valence-electron chi connectivity index (χ1n) is 26.1. The summed E-state index contributed by atoms with van der Waals surface area (Å²) in [5.41, 5.74) is 1.77. The van der Waals surface area contributed by atoms with E-state index < -0.39 is 5.97 Å². The summed E-state index contributed by atoms with van der Waals surface area (Å²) in [6.45, 7) is 5.16. The van der Waals surface area contributed by atoms with Crippen LogP contribution in [0.1, 0.15) is 151 Å². The largest absolute Gasteiger partial charge is 0.481 e. The molecule has 0 aromatic heterocycles. The smallest absolute Gasteiger partial charge is 0.315 e. The highest BCUT2D eigenvalue weighted by Gasteiger charge is 2.43. The zero-order chi connectivity index (χ0) is 48.9. The summed E-state index contributed by atoms with van der Waals surface area (Å²) in [6, 6.07) is 8.71. The normalized spacial score (nSPS) is 21.4. The van der Waals surface area contributed by atoms with Crippen molar-refractivity contribution in [3.05, 3.63) is 35.4 Å². The first-order chi connectivity index (χ1) is 33.6. The van der Waals surface area contributed by atoms with E-state index in [4.69, 9.17) is 19.3 Å². The molecule has 1 aromatic carbocycles. The number of benzene rings is 1. The first-order valence-corrected chi connectivity index (χ1v) is 28.2. The van der Waals surface area contributed by atoms with Crippen LogP contribution < -0.4 is 26.6 Å². The molecule has 5 rings (SSSR count). The molecule has 4 aliphatic rings. The molecule has 388 valence electrons. The lowest BCUT2D eigenvalue weighted by molar-refractivity contribution is -0.138. The van der Waals surface area contributed by atoms with E-state index in [0.717, 1.165) is 134 Å². The van der Waals surface area contributed by atoms with E-state index in [2.05, 4.69) is 31.5 Å². The molecule has 0 radical (unpaired) electrons. The number of carboxylic acid groups (broad SMARTS) is 1. The maximum absolute atomic E-state index is 12.8. The van der Waals surface area contributed by atoms with E-state index >= 15 is 0 Å². The highest BCUT2D eigenvalue weighted by molar-refractivity contribution is 8.00. The van der Waals surface area contributed by atoms with Crippen LogP contribution in [0.15, 0.2) is 24.3 Å². The Morgan fingerprint density at radius 3 is 1.52 bits per heavy atom. The Labute approximate surface area is 419 Å². The molecule has 0 spiro atoms. The number of rotatable bonds is 41. The molecule has 0 bridgehead atoms. The number of fused-ring (bicyclic) bond motifs is 2. The summed E-state index contributed by atoms with van der Waals surface area (Å²) in [5.74, 6) is 1.64. The first kappa shape index (κ1) is 56.5. The number of ether oxygens (including phenoxy) is 3. The van der Waals surface area contributed by atoms with Crippen LogP contribution in [-0.4, -0.2) is 151 Å². The van der Waals surface area contributed by atoms with Gasteiger partial charge in [-0.15, -0.1) is 0 Å². The van der Waals surface area contributed by atoms with E-state index in [0.29, 0.717) is 92.9 Å². The van der Waals surface area contributed by atoms with Crippen LogP contribution in [0.5, 0.6) is 0 Å². The number of thioether (sulfide) groups is 2. The monoisotopic (exact) mass is 1000 g/mol. The second-order valence-electron chi connectivity index (χ2n) is 19.1. The predicted molar refractivity (Wildman–Crippen MR) is 272 cm³/mol. The second-order valence-corrected chi connectivity index (χ2v) is 21.6. The molecule has 16 nitrogen and oxygen atoms in total. The number of aliphatic carboxylic acids is 1. The van der Waals surface area contributed by atoms with Crippen LogP contribution in [0, 0.1) is 0 Å². The zero-order valence-corrected chi connectivity index (χ0v) is 42.6. The van der Waals surface area contributed by atoms with Gasteiger partial charge in [0.2, 0.25) is 0 Å². The van der Waals surface area contributed by atoms with Crippen molar-refractivity contribution in [3.8, 4) is 0 Å². The predicted octanol–water partition coefficient (Wildman–Crippen LogP) is 7.01. The molecule has 6 atom stereocenters. The van der Waals surface area contributed by atoms with E-state index in [1.54, 1.807) is 0 Å². The van der Waals surface area contributed by atoms with Crippen molar-refractivity contribution in [1.29, 1.82) is 0 Å². The average molecular weight is 1000 g/mol. The third-order valence-electron chi connectivity index (χ3n) is 13.5. The van der Waals surface area contributed by atoms with Crippen LogP contribution in [0.3, 0.4) is 0 Å². The number of nitrogens with zero attached hydrogens (tertiary/aromatic N) is 1. The molecule has 0 saturated carbocycles. The summed E-state index contributed by atoms with van der Waals surface area (Å²) in [4.78, 5) is 74.3. The van der Waals surface area contributed by atoms with Crippen LogP contribution in [0.25, 0.3) is 0 Å². The molecule has 0 aliphatic carbocycles. The number of urea groups is 2. The number of unbranched alkanes of at least 4 members (excludes halogenated alkanes) is 10. The number of carbonyl (C=O) groups is 6. The number of Topliss-reactive ketones (excluding diaryl/α,β-unsaturated/α-hetero) is 2. The third kappa shape index (κ3) is 22.7. The van der Waals surface area contributed by atoms with Gasteiger partial charge in [-0.3, -0.25) is 24.1 Å². The molecule has 18 heteroatoms. The van der Waals surface area contributed by atoms with Gasteiger partial charge in [0.25, 0.3) is 5.91 Å². The molecule has 4 aliphatic heterocycles. The molecule has 4 saturated heterocycles. The standard InChI is InChI=1S/C51H82N6O10S2/c58-40(17-9-11-19-44-47-42(36-68-44)53-50(63)55-47)15-7-3-1-5-13-27-57(28-14-6-2-4-8-16-41(59)18-10-12-20-45-48-43(37-69-45)54-51(64)56-48)35-38-21-23-39(24-22-38)49(62)52-26-30-66-32-34-67-33-31-65-29-25-46(60)61/h21-24,42-45,47-48H,1-20,25-37H2,(H,52,62)(H,60,61)(H2,53,55,63)(H2,54,56,64). The SMILES string of the molecule is O=C(O)CCOCCOCCOCCNC(=O)c1ccc(CN(CCCCCCCC(=O)CCCCC2SCC3NC(=O)NC32)CCCCCCCC(=O)CCCCC2SCC3NC(=O)NC32)cc1. The summed E-state index contributed by atoms with van der Waals surface area (Å²) in [5, 5.41) is 24.5. The minimum atomic E-state index is -0.891. The highest BCUT2D eigenvalue weighted by Crippen LogP contribution is 2.34. The van der Waals surface area contributed by atoms with Gasteiger partial charge >= 0.3 is 18.0 Å². The second kappa shape index (κ2) is 33.3. The third-order valence-corrected chi connectivity index (χ3v) is 16.5. The molecule has 6 N–H and O–H groups in total. The lowest BCUT2D eigenvalue weighted by Gasteiger charge is -2.23. The number of ketones is 2. The summed E-state index contributed by atoms with van der Waals surface area (Å²) in [7, 11) is 0. The van der Waals surface area contributed by atoms with Gasteiger partial charge in [0.1, 0.15) is 11.6 Å². The fourth-order valence-corrected chi connectivity index (χ4v) is 12.7. The fraction of sp³-hybridized carbons (Fsp3) is 0.765. The zero-order valence-electron chi connectivity index (χ0n) is 41.0. The lowest BCUT2D eigenvalue weighted by Crippen LogP contribution is -2.36. The van der Waals surface area contributed by atoms with Gasteiger partial charge in [-0.25, -0.2) is 9.59 Å². The number of amides is 5. The van der Waals surface area contributed by atoms with E-state index in [1.165, 1.54) is 5.56 Å². The summed E-state index contributed by atoms with van der Waals surface area (Å²) in [6.07, 6.45) is 19.3. The number of hydrogen-bond donors (Lipinski definition) is 6. The molecule has 4 fully saturated rings. The molecule has 6 unspecified atom stereocenters. The number of carbonyl (C=O) groups excluding carboxylic acids is 5. The maximum atomic E-state index is 12.8. The van der Waals surface area contributed by atoms with Gasteiger partial charge in [0.05, 0.1) is 70.2 Å². The Kier molecular flexibility index (Phi) is 27.2. The van der Waals surface area contributed by atoms with E-state index in [1.807, 2.05) is 47.8 Å². The van der Waals surface area contributed by atoms with Gasteiger partial charge < -0.3 is 45.9 Å². The van der Waals surface area contributed by atoms with Crippen molar-refractivity contribution in [3.63, 3.8) is 0 Å². The maximum Gasteiger partial charge on any atom is 0.315 e. The number of hydrogen-bond acceptors (Lipinski definition) is 12. The average Bonchev–Trinajstić information content (AvgIpc) is 4.10. The summed E-state index contributed by atoms with van der Waals surface area (Å²) >= 11 is 3.86. The van der Waals surface area contributed by atoms with Crippen molar-refractivity contribution in [2.24, 2.45) is 0 Å². The van der Waals surface area contributed by atoms with Crippen LogP contribution in [0.2, 0.25) is 0 Å². The van der Waals surface area contributed by atoms with E-state index in [9.17, 15) is 28.8 Å². The van der Waals surface area contributed by atoms with Crippen molar-refractivity contribution in [1.82, 2.24) is 31.5 Å². The van der Waals surface area contributed by atoms with Crippen molar-refractivity contribution >= 4 is 59.0 Å². The lowest BCUT2D eigenvalue weighted by atomic mass is 10.0. The molecular weight excluding hydrogens is 921 g/mol. The minimum Gasteiger partial charge on any atom is -0.481 e. The molecule has 5 amide bonds. The number of carboxylic acids is 1. The van der Waals surface area contributed by atoms with Crippen molar-refractivity contribution in [2.45, 2.75) is 176 Å². The van der Waals surface area contributed by atoms with Crippen molar-refractivity contribution in [2.75, 3.05) is 70.8 Å². The fourth-order valence-electron chi connectivity index (χ4n) is 9.58. The molecule has 1 aromatic rings. The Morgan fingerprint density at radius 2 is 1.01 bits per heavy atom. The quantitative estimate of drug-likeness (QED) is 0.0288. The Morgan fingerprint density at radius 1 is 0.565 bits per heavy atom.